The Kier molecular flexibility index (Phi) is 5.10. The van der Waals surface area contributed by atoms with Gasteiger partial charge in [-0.3, -0.25) is 4.79 Å². The molecule has 5 heteroatoms. The molecule has 2 fully saturated rings. The number of halogens is 2. The van der Waals surface area contributed by atoms with E-state index in [9.17, 15) is 4.79 Å². The van der Waals surface area contributed by atoms with Gasteiger partial charge in [0.25, 0.3) is 0 Å². The van der Waals surface area contributed by atoms with E-state index in [0.717, 1.165) is 22.9 Å². The first kappa shape index (κ1) is 16.3. The molecule has 0 aliphatic heterocycles. The number of carbonyl (C=O) groups excluding carboxylic acids is 1. The number of nitrogens with two attached hydrogens (primary N) is 1. The average Bonchev–Trinajstić information content (AvgIpc) is 2.45. The first-order valence-electron chi connectivity index (χ1n) is 8.02. The van der Waals surface area contributed by atoms with Gasteiger partial charge in [-0.25, -0.2) is 0 Å². The molecule has 0 heterocycles. The van der Waals surface area contributed by atoms with Crippen molar-refractivity contribution in [3.63, 3.8) is 0 Å². The van der Waals surface area contributed by atoms with Crippen LogP contribution in [0.15, 0.2) is 22.7 Å². The van der Waals surface area contributed by atoms with E-state index in [1.807, 2.05) is 18.2 Å². The van der Waals surface area contributed by atoms with Crippen molar-refractivity contribution in [1.29, 1.82) is 0 Å². The summed E-state index contributed by atoms with van der Waals surface area (Å²) >= 11 is 9.59. The van der Waals surface area contributed by atoms with Gasteiger partial charge in [0, 0.05) is 28.0 Å². The molecule has 1 aromatic rings. The molecule has 2 aliphatic carbocycles. The van der Waals surface area contributed by atoms with Crippen molar-refractivity contribution in [3.8, 4) is 0 Å². The van der Waals surface area contributed by atoms with Gasteiger partial charge in [-0.1, -0.05) is 40.0 Å². The molecule has 2 unspecified atom stereocenters. The molecular weight excluding hydrogens is 364 g/mol. The van der Waals surface area contributed by atoms with Crippen LogP contribution in [0, 0.1) is 17.8 Å². The van der Waals surface area contributed by atoms with Crippen LogP contribution in [0.2, 0.25) is 5.02 Å². The maximum Gasteiger partial charge on any atom is 0.223 e. The van der Waals surface area contributed by atoms with Crippen molar-refractivity contribution in [3.05, 3.63) is 33.3 Å². The third kappa shape index (κ3) is 3.50. The van der Waals surface area contributed by atoms with E-state index < -0.39 is 0 Å². The lowest BCUT2D eigenvalue weighted by molar-refractivity contribution is -0.128. The Morgan fingerprint density at radius 2 is 2.00 bits per heavy atom. The Bertz CT molecular complexity index is 552. The van der Waals surface area contributed by atoms with Gasteiger partial charge in [0.15, 0.2) is 0 Å². The van der Waals surface area contributed by atoms with E-state index in [4.69, 9.17) is 17.3 Å². The first-order chi connectivity index (χ1) is 10.5. The highest BCUT2D eigenvalue weighted by Gasteiger charge is 2.40. The molecule has 0 aromatic heterocycles. The summed E-state index contributed by atoms with van der Waals surface area (Å²) in [5.74, 6) is 1.33. The van der Waals surface area contributed by atoms with Crippen LogP contribution in [0.4, 0.5) is 0 Å². The van der Waals surface area contributed by atoms with Gasteiger partial charge in [0.05, 0.1) is 0 Å². The maximum atomic E-state index is 12.5. The summed E-state index contributed by atoms with van der Waals surface area (Å²) in [6.07, 6.45) is 5.51. The van der Waals surface area contributed by atoms with Gasteiger partial charge in [-0.15, -0.1) is 0 Å². The minimum Gasteiger partial charge on any atom is -0.352 e. The summed E-state index contributed by atoms with van der Waals surface area (Å²) in [7, 11) is 0. The summed E-state index contributed by atoms with van der Waals surface area (Å²) in [6, 6.07) is 6.04. The quantitative estimate of drug-likeness (QED) is 0.830. The Morgan fingerprint density at radius 3 is 2.64 bits per heavy atom. The number of amides is 1. The fraction of sp³-hybridized carbons (Fsp3) is 0.588. The molecule has 3 nitrogen and oxygen atoms in total. The van der Waals surface area contributed by atoms with Crippen LogP contribution in [0.3, 0.4) is 0 Å². The van der Waals surface area contributed by atoms with Crippen molar-refractivity contribution >= 4 is 33.4 Å². The topological polar surface area (TPSA) is 55.1 Å². The number of nitrogens with one attached hydrogen (secondary N) is 1. The summed E-state index contributed by atoms with van der Waals surface area (Å²) in [4.78, 5) is 12.5. The Morgan fingerprint density at radius 1 is 1.32 bits per heavy atom. The summed E-state index contributed by atoms with van der Waals surface area (Å²) < 4.78 is 0.946. The minimum absolute atomic E-state index is 0.115. The Hall–Kier alpha value is -0.580. The Labute approximate surface area is 145 Å². The molecule has 2 aliphatic rings. The van der Waals surface area contributed by atoms with Gasteiger partial charge in [0.2, 0.25) is 5.91 Å². The normalized spacial score (nSPS) is 30.9. The molecule has 0 saturated heterocycles. The van der Waals surface area contributed by atoms with E-state index in [2.05, 4.69) is 21.2 Å². The van der Waals surface area contributed by atoms with E-state index in [1.54, 1.807) is 0 Å². The van der Waals surface area contributed by atoms with Gasteiger partial charge < -0.3 is 11.1 Å². The largest absolute Gasteiger partial charge is 0.352 e. The van der Waals surface area contributed by atoms with Gasteiger partial charge in [-0.2, -0.15) is 0 Å². The molecule has 2 saturated carbocycles. The standard InChI is InChI=1S/C17H22BrClN2O/c18-14-5-4-12(15(19)8-14)9-21-17(22)13-6-10-2-1-3-11(7-13)16(10)20/h4-5,8,10-11,13,16H,1-3,6-7,9,20H2,(H,21,22). The van der Waals surface area contributed by atoms with Crippen LogP contribution < -0.4 is 11.1 Å². The van der Waals surface area contributed by atoms with Gasteiger partial charge >= 0.3 is 0 Å². The van der Waals surface area contributed by atoms with Crippen LogP contribution in [-0.4, -0.2) is 11.9 Å². The van der Waals surface area contributed by atoms with Crippen LogP contribution in [0.5, 0.6) is 0 Å². The van der Waals surface area contributed by atoms with Crippen LogP contribution in [0.1, 0.15) is 37.7 Å². The van der Waals surface area contributed by atoms with E-state index >= 15 is 0 Å². The molecule has 1 aromatic carbocycles. The monoisotopic (exact) mass is 384 g/mol. The highest BCUT2D eigenvalue weighted by Crippen LogP contribution is 2.41. The van der Waals surface area contributed by atoms with Gasteiger partial charge in [-0.05, 0) is 55.2 Å². The van der Waals surface area contributed by atoms with Crippen LogP contribution >= 0.6 is 27.5 Å². The van der Waals surface area contributed by atoms with Crippen LogP contribution in [-0.2, 0) is 11.3 Å². The molecule has 3 N–H and O–H groups in total. The molecule has 2 atom stereocenters. The third-order valence-corrected chi connectivity index (χ3v) is 6.10. The number of carbonyl (C=O) groups is 1. The molecule has 3 rings (SSSR count). The second-order valence-corrected chi connectivity index (χ2v) is 7.97. The SMILES string of the molecule is NC1C2CCCC1CC(C(=O)NCc1ccc(Br)cc1Cl)C2. The smallest absolute Gasteiger partial charge is 0.223 e. The fourth-order valence-electron chi connectivity index (χ4n) is 3.99. The van der Waals surface area contributed by atoms with E-state index in [0.29, 0.717) is 29.4 Å². The van der Waals surface area contributed by atoms with Crippen molar-refractivity contribution in [1.82, 2.24) is 5.32 Å². The average molecular weight is 386 g/mol. The number of rotatable bonds is 3. The Balaban J connectivity index is 1.58. The fourth-order valence-corrected chi connectivity index (χ4v) is 4.74. The third-order valence-electron chi connectivity index (χ3n) is 5.25. The zero-order chi connectivity index (χ0) is 15.7. The molecule has 0 radical (unpaired) electrons. The van der Waals surface area contributed by atoms with Crippen molar-refractivity contribution in [2.45, 2.75) is 44.7 Å². The lowest BCUT2D eigenvalue weighted by Crippen LogP contribution is -2.49. The highest BCUT2D eigenvalue weighted by atomic mass is 79.9. The number of hydrogen-bond donors (Lipinski definition) is 2. The number of hydrogen-bond acceptors (Lipinski definition) is 2. The molecule has 1 amide bonds. The second-order valence-electron chi connectivity index (χ2n) is 6.65. The number of benzene rings is 1. The summed E-state index contributed by atoms with van der Waals surface area (Å²) in [5.41, 5.74) is 7.24. The predicted molar refractivity (Wildman–Crippen MR) is 92.5 cm³/mol. The second kappa shape index (κ2) is 6.90. The van der Waals surface area contributed by atoms with E-state index in [1.165, 1.54) is 19.3 Å². The lowest BCUT2D eigenvalue weighted by Gasteiger charge is -2.43. The number of fused-ring (bicyclic) bond motifs is 2. The van der Waals surface area contributed by atoms with Crippen molar-refractivity contribution in [2.75, 3.05) is 0 Å². The lowest BCUT2D eigenvalue weighted by atomic mass is 9.65. The molecule has 0 spiro atoms. The molecule has 22 heavy (non-hydrogen) atoms. The summed E-state index contributed by atoms with van der Waals surface area (Å²) in [6.45, 7) is 0.489. The van der Waals surface area contributed by atoms with Crippen molar-refractivity contribution < 1.29 is 4.79 Å². The molecular formula is C17H22BrClN2O. The van der Waals surface area contributed by atoms with Crippen LogP contribution in [0.25, 0.3) is 0 Å². The molecule has 120 valence electrons. The predicted octanol–water partition coefficient (Wildman–Crippen LogP) is 3.87. The van der Waals surface area contributed by atoms with Gasteiger partial charge in [0.1, 0.15) is 0 Å². The molecule has 2 bridgehead atoms. The maximum absolute atomic E-state index is 12.5. The zero-order valence-corrected chi connectivity index (χ0v) is 14.9. The van der Waals surface area contributed by atoms with Crippen molar-refractivity contribution in [2.24, 2.45) is 23.5 Å². The van der Waals surface area contributed by atoms with E-state index in [-0.39, 0.29) is 11.8 Å². The zero-order valence-electron chi connectivity index (χ0n) is 12.5. The minimum atomic E-state index is 0.115. The first-order valence-corrected chi connectivity index (χ1v) is 9.19. The highest BCUT2D eigenvalue weighted by molar-refractivity contribution is 9.10. The summed E-state index contributed by atoms with van der Waals surface area (Å²) in [5, 5.41) is 3.73.